The zero-order chi connectivity index (χ0) is 14.9. The summed E-state index contributed by atoms with van der Waals surface area (Å²) >= 11 is 0. The third-order valence-corrected chi connectivity index (χ3v) is 2.94. The molecule has 0 aromatic carbocycles. The largest absolute Gasteiger partial charge is 0.475 e. The van der Waals surface area contributed by atoms with Gasteiger partial charge >= 0.3 is 5.97 Å². The third-order valence-electron chi connectivity index (χ3n) is 2.94. The Labute approximate surface area is 114 Å². The Kier molecular flexibility index (Phi) is 3.73. The molecule has 0 atom stereocenters. The van der Waals surface area contributed by atoms with Crippen LogP contribution in [0.1, 0.15) is 12.7 Å². The normalized spacial score (nSPS) is 13.8. The second kappa shape index (κ2) is 5.32. The van der Waals surface area contributed by atoms with E-state index in [1.54, 1.807) is 20.9 Å². The van der Waals surface area contributed by atoms with E-state index in [4.69, 9.17) is 9.47 Å². The van der Waals surface area contributed by atoms with Crippen molar-refractivity contribution in [2.45, 2.75) is 13.8 Å². The summed E-state index contributed by atoms with van der Waals surface area (Å²) in [6, 6.07) is 0. The molecule has 108 valence electrons. The molecule has 0 unspecified atom stereocenters. The highest BCUT2D eigenvalue weighted by Gasteiger charge is 2.32. The first-order chi connectivity index (χ1) is 9.45. The van der Waals surface area contributed by atoms with Gasteiger partial charge in [-0.15, -0.1) is 0 Å². The van der Waals surface area contributed by atoms with Gasteiger partial charge in [-0.3, -0.25) is 23.9 Å². The minimum absolute atomic E-state index is 0.0259. The second-order valence-electron chi connectivity index (χ2n) is 4.25. The summed E-state index contributed by atoms with van der Waals surface area (Å²) in [7, 11) is 1.56. The van der Waals surface area contributed by atoms with Gasteiger partial charge < -0.3 is 9.47 Å². The fraction of sp³-hybridized carbons (Fsp3) is 0.500. The van der Waals surface area contributed by atoms with Crippen molar-refractivity contribution in [2.24, 2.45) is 7.05 Å². The number of carbonyl (C=O) groups is 2. The average molecular weight is 281 g/mol. The minimum Gasteiger partial charge on any atom is -0.475 e. The van der Waals surface area contributed by atoms with Crippen LogP contribution < -0.4 is 15.2 Å². The molecule has 0 radical (unpaired) electrons. The lowest BCUT2D eigenvalue weighted by molar-refractivity contribution is -0.142. The van der Waals surface area contributed by atoms with E-state index in [1.807, 2.05) is 0 Å². The molecule has 1 aromatic heterocycles. The van der Waals surface area contributed by atoms with E-state index in [1.165, 1.54) is 4.57 Å². The van der Waals surface area contributed by atoms with Crippen molar-refractivity contribution in [1.82, 2.24) is 9.55 Å². The van der Waals surface area contributed by atoms with E-state index in [0.29, 0.717) is 5.82 Å². The lowest BCUT2D eigenvalue weighted by Gasteiger charge is -2.27. The highest BCUT2D eigenvalue weighted by atomic mass is 16.5. The first-order valence-electron chi connectivity index (χ1n) is 6.12. The van der Waals surface area contributed by atoms with Crippen LogP contribution >= 0.6 is 0 Å². The number of fused-ring (bicyclic) bond motifs is 1. The topological polar surface area (TPSA) is 90.7 Å². The van der Waals surface area contributed by atoms with Crippen molar-refractivity contribution < 1.29 is 19.1 Å². The van der Waals surface area contributed by atoms with Crippen LogP contribution in [0.3, 0.4) is 0 Å². The highest BCUT2D eigenvalue weighted by molar-refractivity contribution is 6.00. The van der Waals surface area contributed by atoms with E-state index in [9.17, 15) is 14.4 Å². The monoisotopic (exact) mass is 281 g/mol. The quantitative estimate of drug-likeness (QED) is 0.686. The Bertz CT molecular complexity index is 622. The fourth-order valence-corrected chi connectivity index (χ4v) is 1.81. The van der Waals surface area contributed by atoms with Crippen molar-refractivity contribution in [2.75, 3.05) is 24.7 Å². The summed E-state index contributed by atoms with van der Waals surface area (Å²) in [5, 5.41) is 0. The van der Waals surface area contributed by atoms with Gasteiger partial charge in [-0.25, -0.2) is 4.98 Å². The Morgan fingerprint density at radius 1 is 1.45 bits per heavy atom. The van der Waals surface area contributed by atoms with E-state index in [2.05, 4.69) is 4.98 Å². The SMILES string of the molecule is CCOC(=O)CN1C(=O)COc2c1nc(C)n(C)c2=O. The Balaban J connectivity index is 2.44. The van der Waals surface area contributed by atoms with Crippen molar-refractivity contribution in [3.8, 4) is 5.75 Å². The number of nitrogens with zero attached hydrogens (tertiary/aromatic N) is 3. The number of aryl methyl sites for hydroxylation is 1. The lowest BCUT2D eigenvalue weighted by atomic mass is 10.3. The van der Waals surface area contributed by atoms with Crippen molar-refractivity contribution in [1.29, 1.82) is 0 Å². The standard InChI is InChI=1S/C12H15N3O5/c1-4-19-9(17)5-15-8(16)6-20-10-11(15)13-7(2)14(3)12(10)18/h4-6H2,1-3H3. The number of amides is 1. The van der Waals surface area contributed by atoms with Gasteiger partial charge in [0, 0.05) is 7.05 Å². The molecule has 8 heteroatoms. The molecule has 20 heavy (non-hydrogen) atoms. The zero-order valence-corrected chi connectivity index (χ0v) is 11.5. The maximum Gasteiger partial charge on any atom is 0.326 e. The molecule has 1 aliphatic rings. The van der Waals surface area contributed by atoms with Crippen LogP contribution in [0.15, 0.2) is 4.79 Å². The Hall–Kier alpha value is -2.38. The molecule has 1 aliphatic heterocycles. The van der Waals surface area contributed by atoms with Gasteiger partial charge in [0.2, 0.25) is 5.75 Å². The van der Waals surface area contributed by atoms with E-state index >= 15 is 0 Å². The lowest BCUT2D eigenvalue weighted by Crippen LogP contribution is -2.45. The highest BCUT2D eigenvalue weighted by Crippen LogP contribution is 2.26. The minimum atomic E-state index is -0.561. The number of carbonyl (C=O) groups excluding carboxylic acids is 2. The van der Waals surface area contributed by atoms with Crippen LogP contribution in [0.5, 0.6) is 5.75 Å². The van der Waals surface area contributed by atoms with Crippen LogP contribution in [-0.2, 0) is 21.4 Å². The zero-order valence-electron chi connectivity index (χ0n) is 11.5. The predicted molar refractivity (Wildman–Crippen MR) is 68.7 cm³/mol. The van der Waals surface area contributed by atoms with Crippen LogP contribution in [0.2, 0.25) is 0 Å². The van der Waals surface area contributed by atoms with E-state index < -0.39 is 17.4 Å². The van der Waals surface area contributed by atoms with Crippen LogP contribution in [0.25, 0.3) is 0 Å². The average Bonchev–Trinajstić information content (AvgIpc) is 2.40. The Morgan fingerprint density at radius 3 is 2.80 bits per heavy atom. The first kappa shape index (κ1) is 14.0. The predicted octanol–water partition coefficient (Wildman–Crippen LogP) is -0.623. The molecule has 1 aromatic rings. The molecule has 0 saturated carbocycles. The molecule has 0 bridgehead atoms. The van der Waals surface area contributed by atoms with Gasteiger partial charge in [-0.2, -0.15) is 0 Å². The number of ether oxygens (including phenoxy) is 2. The number of esters is 1. The van der Waals surface area contributed by atoms with Crippen molar-refractivity contribution >= 4 is 17.7 Å². The van der Waals surface area contributed by atoms with Gasteiger partial charge in [0.1, 0.15) is 12.4 Å². The summed E-state index contributed by atoms with van der Waals surface area (Å²) in [6.45, 7) is 2.93. The Morgan fingerprint density at radius 2 is 2.15 bits per heavy atom. The van der Waals surface area contributed by atoms with E-state index in [-0.39, 0.29) is 31.3 Å². The van der Waals surface area contributed by atoms with Gasteiger partial charge in [0.25, 0.3) is 11.5 Å². The maximum atomic E-state index is 12.0. The van der Waals surface area contributed by atoms with Gasteiger partial charge in [-0.1, -0.05) is 0 Å². The van der Waals surface area contributed by atoms with Crippen LogP contribution in [-0.4, -0.2) is 41.2 Å². The smallest absolute Gasteiger partial charge is 0.326 e. The molecule has 0 saturated heterocycles. The number of aromatic nitrogens is 2. The summed E-state index contributed by atoms with van der Waals surface area (Å²) < 4.78 is 11.3. The summed E-state index contributed by atoms with van der Waals surface area (Å²) in [4.78, 5) is 40.7. The van der Waals surface area contributed by atoms with Crippen LogP contribution in [0, 0.1) is 6.92 Å². The molecule has 8 nitrogen and oxygen atoms in total. The summed E-state index contributed by atoms with van der Waals surface area (Å²) in [6.07, 6.45) is 0. The molecule has 2 heterocycles. The maximum absolute atomic E-state index is 12.0. The molecule has 1 amide bonds. The third kappa shape index (κ3) is 2.36. The van der Waals surface area contributed by atoms with Crippen LogP contribution in [0.4, 0.5) is 5.82 Å². The van der Waals surface area contributed by atoms with Gasteiger partial charge in [0.05, 0.1) is 6.61 Å². The first-order valence-corrected chi connectivity index (χ1v) is 6.12. The second-order valence-corrected chi connectivity index (χ2v) is 4.25. The summed E-state index contributed by atoms with van der Waals surface area (Å²) in [5.74, 6) is -0.544. The molecule has 0 spiro atoms. The van der Waals surface area contributed by atoms with E-state index in [0.717, 1.165) is 4.90 Å². The molecule has 0 N–H and O–H groups in total. The molecule has 2 rings (SSSR count). The number of hydrogen-bond donors (Lipinski definition) is 0. The number of rotatable bonds is 3. The molecule has 0 fully saturated rings. The van der Waals surface area contributed by atoms with Crippen molar-refractivity contribution in [3.05, 3.63) is 16.2 Å². The number of anilines is 1. The van der Waals surface area contributed by atoms with Gasteiger partial charge in [0.15, 0.2) is 12.4 Å². The fourth-order valence-electron chi connectivity index (χ4n) is 1.81. The number of hydrogen-bond acceptors (Lipinski definition) is 6. The molecular weight excluding hydrogens is 266 g/mol. The van der Waals surface area contributed by atoms with Crippen molar-refractivity contribution in [3.63, 3.8) is 0 Å². The van der Waals surface area contributed by atoms with Gasteiger partial charge in [-0.05, 0) is 13.8 Å². The summed E-state index contributed by atoms with van der Waals surface area (Å²) in [5.41, 5.74) is -0.395. The molecular formula is C12H15N3O5. The molecule has 0 aliphatic carbocycles.